The van der Waals surface area contributed by atoms with Crippen molar-refractivity contribution in [3.63, 3.8) is 0 Å². The molecule has 3 rings (SSSR count). The summed E-state index contributed by atoms with van der Waals surface area (Å²) in [5.41, 5.74) is 3.93. The minimum atomic E-state index is -3.71. The average Bonchev–Trinajstić information content (AvgIpc) is 2.61. The fraction of sp³-hybridized carbons (Fsp3) is 0.316. The van der Waals surface area contributed by atoms with Gasteiger partial charge in [-0.15, -0.1) is 0 Å². The molecule has 2 aromatic rings. The third-order valence-electron chi connectivity index (χ3n) is 4.61. The van der Waals surface area contributed by atoms with E-state index in [1.807, 2.05) is 38.1 Å². The van der Waals surface area contributed by atoms with Crippen LogP contribution < -0.4 is 9.62 Å². The monoisotopic (exact) mass is 358 g/mol. The molecule has 0 aromatic heterocycles. The highest BCUT2D eigenvalue weighted by Gasteiger charge is 2.24. The van der Waals surface area contributed by atoms with Crippen molar-refractivity contribution in [3.05, 3.63) is 59.2 Å². The normalized spacial score (nSPS) is 14.2. The second-order valence-electron chi connectivity index (χ2n) is 6.35. The Hall–Kier alpha value is -2.18. The fourth-order valence-corrected chi connectivity index (χ4v) is 4.07. The Kier molecular flexibility index (Phi) is 4.92. The molecule has 6 heteroatoms. The number of hydrogen-bond donors (Lipinski definition) is 1. The predicted octanol–water partition coefficient (Wildman–Crippen LogP) is 2.56. The highest BCUT2D eigenvalue weighted by atomic mass is 32.2. The molecule has 132 valence electrons. The quantitative estimate of drug-likeness (QED) is 0.913. The van der Waals surface area contributed by atoms with E-state index in [2.05, 4.69) is 4.72 Å². The molecule has 2 aromatic carbocycles. The number of rotatable bonds is 4. The summed E-state index contributed by atoms with van der Waals surface area (Å²) in [7, 11) is -3.71. The van der Waals surface area contributed by atoms with Gasteiger partial charge < -0.3 is 4.90 Å². The zero-order valence-electron chi connectivity index (χ0n) is 14.5. The van der Waals surface area contributed by atoms with E-state index < -0.39 is 10.0 Å². The molecule has 0 spiro atoms. The van der Waals surface area contributed by atoms with Crippen molar-refractivity contribution in [1.29, 1.82) is 0 Å². The Bertz CT molecular complexity index is 907. The zero-order valence-corrected chi connectivity index (χ0v) is 15.3. The average molecular weight is 358 g/mol. The van der Waals surface area contributed by atoms with Gasteiger partial charge in [0, 0.05) is 12.2 Å². The standard InChI is InChI=1S/C19H22N2O3S/c1-14-9-10-17(12-15(14)2)25(23,24)20-13-19(22)21-11-5-7-16-6-3-4-8-18(16)21/h3-4,6,8-10,12,20H,5,7,11,13H2,1-2H3. The summed E-state index contributed by atoms with van der Waals surface area (Å²) in [5.74, 6) is -0.237. The molecular weight excluding hydrogens is 336 g/mol. The summed E-state index contributed by atoms with van der Waals surface area (Å²) in [6.45, 7) is 4.16. The van der Waals surface area contributed by atoms with Gasteiger partial charge in [0.2, 0.25) is 15.9 Å². The van der Waals surface area contributed by atoms with E-state index in [4.69, 9.17) is 0 Å². The molecule has 0 aliphatic carbocycles. The maximum absolute atomic E-state index is 12.6. The Morgan fingerprint density at radius 3 is 2.64 bits per heavy atom. The van der Waals surface area contributed by atoms with E-state index in [1.54, 1.807) is 23.1 Å². The number of aryl methyl sites for hydroxylation is 3. The largest absolute Gasteiger partial charge is 0.311 e. The van der Waals surface area contributed by atoms with Crippen molar-refractivity contribution >= 4 is 21.6 Å². The number of nitrogens with one attached hydrogen (secondary N) is 1. The lowest BCUT2D eigenvalue weighted by Crippen LogP contribution is -2.42. The van der Waals surface area contributed by atoms with Crippen LogP contribution in [-0.2, 0) is 21.2 Å². The number of sulfonamides is 1. The van der Waals surface area contributed by atoms with Crippen LogP contribution in [0.25, 0.3) is 0 Å². The predicted molar refractivity (Wildman–Crippen MR) is 98.2 cm³/mol. The van der Waals surface area contributed by atoms with Gasteiger partial charge in [-0.25, -0.2) is 13.1 Å². The van der Waals surface area contributed by atoms with Crippen LogP contribution in [0.2, 0.25) is 0 Å². The van der Waals surface area contributed by atoms with Crippen LogP contribution in [0.5, 0.6) is 0 Å². The second-order valence-corrected chi connectivity index (χ2v) is 8.12. The molecule has 0 unspecified atom stereocenters. The Morgan fingerprint density at radius 2 is 1.88 bits per heavy atom. The van der Waals surface area contributed by atoms with E-state index in [0.717, 1.165) is 35.2 Å². The first-order valence-corrected chi connectivity index (χ1v) is 9.82. The maximum Gasteiger partial charge on any atom is 0.242 e. The van der Waals surface area contributed by atoms with Crippen molar-refractivity contribution in [2.75, 3.05) is 18.0 Å². The fourth-order valence-electron chi connectivity index (χ4n) is 3.01. The highest BCUT2D eigenvalue weighted by Crippen LogP contribution is 2.26. The van der Waals surface area contributed by atoms with Crippen molar-refractivity contribution in [3.8, 4) is 0 Å². The first-order chi connectivity index (χ1) is 11.9. The van der Waals surface area contributed by atoms with Gasteiger partial charge >= 0.3 is 0 Å². The molecule has 5 nitrogen and oxygen atoms in total. The van der Waals surface area contributed by atoms with Gasteiger partial charge in [-0.2, -0.15) is 0 Å². The van der Waals surface area contributed by atoms with Crippen LogP contribution in [0, 0.1) is 13.8 Å². The second kappa shape index (κ2) is 6.98. The molecule has 1 N–H and O–H groups in total. The third kappa shape index (κ3) is 3.75. The lowest BCUT2D eigenvalue weighted by atomic mass is 10.0. The molecule has 1 heterocycles. The molecule has 25 heavy (non-hydrogen) atoms. The van der Waals surface area contributed by atoms with Crippen LogP contribution in [0.3, 0.4) is 0 Å². The van der Waals surface area contributed by atoms with Crippen molar-refractivity contribution in [1.82, 2.24) is 4.72 Å². The summed E-state index contributed by atoms with van der Waals surface area (Å²) in [4.78, 5) is 14.4. The van der Waals surface area contributed by atoms with Gasteiger partial charge in [-0.05, 0) is 61.6 Å². The van der Waals surface area contributed by atoms with Gasteiger partial charge in [0.1, 0.15) is 0 Å². The lowest BCUT2D eigenvalue weighted by Gasteiger charge is -2.29. The van der Waals surface area contributed by atoms with E-state index in [1.165, 1.54) is 0 Å². The summed E-state index contributed by atoms with van der Waals surface area (Å²) in [5, 5.41) is 0. The number of fused-ring (bicyclic) bond motifs is 1. The third-order valence-corrected chi connectivity index (χ3v) is 6.01. The zero-order chi connectivity index (χ0) is 18.0. The van der Waals surface area contributed by atoms with Gasteiger partial charge in [0.25, 0.3) is 0 Å². The number of benzene rings is 2. The SMILES string of the molecule is Cc1ccc(S(=O)(=O)NCC(=O)N2CCCc3ccccc32)cc1C. The van der Waals surface area contributed by atoms with Crippen LogP contribution >= 0.6 is 0 Å². The Labute approximate surface area is 148 Å². The van der Waals surface area contributed by atoms with Crippen LogP contribution in [0.15, 0.2) is 47.4 Å². The molecule has 0 fully saturated rings. The van der Waals surface area contributed by atoms with Gasteiger partial charge in [0.15, 0.2) is 0 Å². The minimum Gasteiger partial charge on any atom is -0.311 e. The van der Waals surface area contributed by atoms with Crippen LogP contribution in [0.4, 0.5) is 5.69 Å². The topological polar surface area (TPSA) is 66.5 Å². The summed E-state index contributed by atoms with van der Waals surface area (Å²) in [6.07, 6.45) is 1.82. The molecule has 0 saturated heterocycles. The van der Waals surface area contributed by atoms with Crippen molar-refractivity contribution < 1.29 is 13.2 Å². The van der Waals surface area contributed by atoms with Gasteiger partial charge in [0.05, 0.1) is 11.4 Å². The smallest absolute Gasteiger partial charge is 0.242 e. The molecule has 0 saturated carbocycles. The number of carbonyl (C=O) groups excluding carboxylic acids is 1. The molecule has 1 aliphatic heterocycles. The molecular formula is C19H22N2O3S. The lowest BCUT2D eigenvalue weighted by molar-refractivity contribution is -0.117. The Balaban J connectivity index is 1.73. The van der Waals surface area contributed by atoms with Crippen molar-refractivity contribution in [2.24, 2.45) is 0 Å². The number of carbonyl (C=O) groups is 1. The van der Waals surface area contributed by atoms with Crippen LogP contribution in [0.1, 0.15) is 23.1 Å². The molecule has 1 aliphatic rings. The summed E-state index contributed by atoms with van der Waals surface area (Å²) >= 11 is 0. The van der Waals surface area contributed by atoms with E-state index in [-0.39, 0.29) is 17.3 Å². The maximum atomic E-state index is 12.6. The Morgan fingerprint density at radius 1 is 1.12 bits per heavy atom. The highest BCUT2D eigenvalue weighted by molar-refractivity contribution is 7.89. The number of hydrogen-bond acceptors (Lipinski definition) is 3. The first-order valence-electron chi connectivity index (χ1n) is 8.34. The van der Waals surface area contributed by atoms with E-state index in [9.17, 15) is 13.2 Å². The number of amides is 1. The number of anilines is 1. The molecule has 1 amide bonds. The molecule has 0 atom stereocenters. The summed E-state index contributed by atoms with van der Waals surface area (Å²) in [6, 6.07) is 12.7. The molecule has 0 radical (unpaired) electrons. The van der Waals surface area contributed by atoms with Crippen molar-refractivity contribution in [2.45, 2.75) is 31.6 Å². The number of para-hydroxylation sites is 1. The van der Waals surface area contributed by atoms with Crippen LogP contribution in [-0.4, -0.2) is 27.4 Å². The summed E-state index contributed by atoms with van der Waals surface area (Å²) < 4.78 is 27.3. The van der Waals surface area contributed by atoms with Gasteiger partial charge in [-0.1, -0.05) is 24.3 Å². The number of nitrogens with zero attached hydrogens (tertiary/aromatic N) is 1. The van der Waals surface area contributed by atoms with Gasteiger partial charge in [-0.3, -0.25) is 4.79 Å². The minimum absolute atomic E-state index is 0.183. The van der Waals surface area contributed by atoms with E-state index in [0.29, 0.717) is 6.54 Å². The van der Waals surface area contributed by atoms with E-state index >= 15 is 0 Å². The first kappa shape index (κ1) is 17.6. The molecule has 0 bridgehead atoms.